The summed E-state index contributed by atoms with van der Waals surface area (Å²) in [4.78, 5) is 44.8. The second-order valence-corrected chi connectivity index (χ2v) is 17.9. The molecular weight excluding hydrogens is 841 g/mol. The lowest BCUT2D eigenvalue weighted by atomic mass is 9.99. The average molecular weight is 884 g/mol. The minimum absolute atomic E-state index is 0.139. The lowest BCUT2D eigenvalue weighted by molar-refractivity contribution is -0.136. The third kappa shape index (κ3) is 7.87. The highest BCUT2D eigenvalue weighted by Gasteiger charge is 2.40. The Balaban J connectivity index is 0.735. The number of carbonyl (C=O) groups is 3. The van der Waals surface area contributed by atoms with E-state index in [0.717, 1.165) is 104 Å². The van der Waals surface area contributed by atoms with Crippen LogP contribution in [0.5, 0.6) is 23.0 Å². The third-order valence-electron chi connectivity index (χ3n) is 12.0. The summed E-state index contributed by atoms with van der Waals surface area (Å²) in [5.74, 6) is 2.43. The van der Waals surface area contributed by atoms with Crippen LogP contribution in [0.2, 0.25) is 0 Å². The van der Waals surface area contributed by atoms with Crippen LogP contribution < -0.4 is 24.4 Å². The summed E-state index contributed by atoms with van der Waals surface area (Å²) in [5.41, 5.74) is 4.90. The molecule has 304 valence electrons. The number of fused-ring (bicyclic) bond motifs is 2. The molecule has 3 amide bonds. The highest BCUT2D eigenvalue weighted by molar-refractivity contribution is 9.10. The molecule has 1 atom stereocenters. The molecule has 3 fully saturated rings. The van der Waals surface area contributed by atoms with Gasteiger partial charge in [-0.15, -0.1) is 11.3 Å². The zero-order valence-electron chi connectivity index (χ0n) is 32.9. The summed E-state index contributed by atoms with van der Waals surface area (Å²) in [6.45, 7) is 4.72. The van der Waals surface area contributed by atoms with Crippen molar-refractivity contribution in [2.75, 3.05) is 31.1 Å². The average Bonchev–Trinajstić information content (AvgIpc) is 3.77. The van der Waals surface area contributed by atoms with Gasteiger partial charge in [-0.3, -0.25) is 24.6 Å². The van der Waals surface area contributed by atoms with E-state index in [1.165, 1.54) is 0 Å². The van der Waals surface area contributed by atoms with E-state index < -0.39 is 6.04 Å². The maximum atomic E-state index is 13.1. The van der Waals surface area contributed by atoms with Gasteiger partial charge in [0.25, 0.3) is 5.91 Å². The van der Waals surface area contributed by atoms with Crippen molar-refractivity contribution in [3.63, 3.8) is 0 Å². The number of nitrogens with one attached hydrogen (secondary N) is 1. The quantitative estimate of drug-likeness (QED) is 0.129. The number of likely N-dealkylation sites (tertiary alicyclic amines) is 1. The molecule has 4 aliphatic rings. The Kier molecular flexibility index (Phi) is 10.5. The Bertz CT molecular complexity index is 2570. The number of anilines is 1. The summed E-state index contributed by atoms with van der Waals surface area (Å²) in [6, 6.07) is 38.6. The number of nitrogens with zero attached hydrogens (tertiary/aromatic N) is 3. The Morgan fingerprint density at radius 3 is 2.30 bits per heavy atom. The first-order chi connectivity index (χ1) is 29.3. The summed E-state index contributed by atoms with van der Waals surface area (Å²) in [7, 11) is 0. The Hall–Kier alpha value is -5.69. The van der Waals surface area contributed by atoms with E-state index in [9.17, 15) is 14.4 Å². The molecule has 1 unspecified atom stereocenters. The number of piperidine rings is 2. The number of thiophene rings is 1. The number of carbonyl (C=O) groups excluding carboxylic acids is 3. The fraction of sp³-hybridized carbons (Fsp3) is 0.271. The fourth-order valence-corrected chi connectivity index (χ4v) is 10.1. The van der Waals surface area contributed by atoms with Crippen LogP contribution in [-0.2, 0) is 22.7 Å². The monoisotopic (exact) mass is 882 g/mol. The van der Waals surface area contributed by atoms with Crippen molar-refractivity contribution in [2.24, 2.45) is 0 Å². The minimum atomic E-state index is -0.601. The molecule has 1 N–H and O–H groups in total. The number of benzene rings is 5. The number of imide groups is 1. The second-order valence-electron chi connectivity index (χ2n) is 15.9. The summed E-state index contributed by atoms with van der Waals surface area (Å²) in [6.07, 6.45) is 2.68. The molecule has 12 heteroatoms. The molecule has 6 aromatic rings. The highest BCUT2D eigenvalue weighted by Crippen LogP contribution is 2.47. The van der Waals surface area contributed by atoms with E-state index in [0.29, 0.717) is 31.2 Å². The maximum Gasteiger partial charge on any atom is 0.255 e. The Labute approximate surface area is 360 Å². The zero-order chi connectivity index (χ0) is 40.7. The number of hydrogen-bond acceptors (Lipinski definition) is 9. The van der Waals surface area contributed by atoms with Gasteiger partial charge in [0.2, 0.25) is 11.8 Å². The molecule has 10 rings (SSSR count). The van der Waals surface area contributed by atoms with Crippen LogP contribution in [0.1, 0.15) is 47.2 Å². The van der Waals surface area contributed by atoms with Crippen LogP contribution in [0.4, 0.5) is 5.69 Å². The van der Waals surface area contributed by atoms with Gasteiger partial charge in [0.15, 0.2) is 5.75 Å². The van der Waals surface area contributed by atoms with E-state index in [-0.39, 0.29) is 30.2 Å². The first-order valence-corrected chi connectivity index (χ1v) is 22.1. The van der Waals surface area contributed by atoms with E-state index in [4.69, 9.17) is 14.2 Å². The fourth-order valence-electron chi connectivity index (χ4n) is 8.69. The van der Waals surface area contributed by atoms with Gasteiger partial charge < -0.3 is 24.0 Å². The van der Waals surface area contributed by atoms with Gasteiger partial charge in [0, 0.05) is 71.0 Å². The standard InChI is InChI=1S/C48H43BrN4O6S/c49-33-8-6-31(7-9-33)46-45(41-17-15-39(25-43(41)60-46)57-29-30-4-2-1-3-5-30)59-37-13-11-36(12-14-37)58-38-20-22-51(23-21-38)35-27-52(28-35)34-10-16-40-32(24-34)26-53(48(40)56)42-18-19-44(54)50-47(42)55/h1-17,24-25,35,38,42H,18-23,26-29H2,(H,50,54,55). The van der Waals surface area contributed by atoms with Crippen LogP contribution in [-0.4, -0.2) is 71.9 Å². The van der Waals surface area contributed by atoms with Gasteiger partial charge in [-0.1, -0.05) is 58.4 Å². The Morgan fingerprint density at radius 1 is 0.783 bits per heavy atom. The minimum Gasteiger partial charge on any atom is -0.490 e. The molecule has 0 bridgehead atoms. The van der Waals surface area contributed by atoms with Crippen molar-refractivity contribution in [1.82, 2.24) is 15.1 Å². The molecular formula is C48H43BrN4O6S. The Morgan fingerprint density at radius 2 is 1.53 bits per heavy atom. The van der Waals surface area contributed by atoms with Crippen molar-refractivity contribution >= 4 is 60.8 Å². The van der Waals surface area contributed by atoms with Crippen LogP contribution in [0.3, 0.4) is 0 Å². The molecule has 4 aliphatic heterocycles. The van der Waals surface area contributed by atoms with Gasteiger partial charge in [0.05, 0.1) is 4.88 Å². The van der Waals surface area contributed by atoms with Gasteiger partial charge in [-0.25, -0.2) is 0 Å². The van der Waals surface area contributed by atoms with Crippen LogP contribution in [0.15, 0.2) is 120 Å². The second kappa shape index (κ2) is 16.4. The number of halogens is 1. The van der Waals surface area contributed by atoms with E-state index in [1.807, 2.05) is 60.7 Å². The molecule has 10 nitrogen and oxygen atoms in total. The van der Waals surface area contributed by atoms with E-state index >= 15 is 0 Å². The number of rotatable bonds is 11. The predicted octanol–water partition coefficient (Wildman–Crippen LogP) is 9.20. The van der Waals surface area contributed by atoms with Gasteiger partial charge >= 0.3 is 0 Å². The first kappa shape index (κ1) is 38.5. The lowest BCUT2D eigenvalue weighted by Crippen LogP contribution is -2.61. The highest BCUT2D eigenvalue weighted by atomic mass is 79.9. The predicted molar refractivity (Wildman–Crippen MR) is 236 cm³/mol. The SMILES string of the molecule is O=C1CCC(N2Cc3cc(N4CC(N5CCC(Oc6ccc(Oc7c(-c8ccc(Br)cc8)sc8cc(OCc9ccccc9)ccc78)cc6)CC5)C4)ccc3C2=O)C(=O)N1. The van der Waals surface area contributed by atoms with Crippen LogP contribution >= 0.6 is 27.3 Å². The molecule has 60 heavy (non-hydrogen) atoms. The summed E-state index contributed by atoms with van der Waals surface area (Å²) in [5, 5.41) is 3.41. The van der Waals surface area contributed by atoms with E-state index in [1.54, 1.807) is 16.2 Å². The van der Waals surface area contributed by atoms with Crippen molar-refractivity contribution in [3.8, 4) is 33.4 Å². The first-order valence-electron chi connectivity index (χ1n) is 20.5. The lowest BCUT2D eigenvalue weighted by Gasteiger charge is -2.48. The zero-order valence-corrected chi connectivity index (χ0v) is 35.3. The number of ether oxygens (including phenoxy) is 3. The van der Waals surface area contributed by atoms with E-state index in [2.05, 4.69) is 85.6 Å². The molecule has 5 heterocycles. The summed E-state index contributed by atoms with van der Waals surface area (Å²) < 4.78 is 21.4. The van der Waals surface area contributed by atoms with Gasteiger partial charge in [0.1, 0.15) is 36.0 Å². The normalized spacial score (nSPS) is 18.7. The molecule has 0 aliphatic carbocycles. The molecule has 0 saturated carbocycles. The van der Waals surface area contributed by atoms with Crippen molar-refractivity contribution < 1.29 is 28.6 Å². The van der Waals surface area contributed by atoms with Crippen molar-refractivity contribution in [3.05, 3.63) is 136 Å². The molecule has 0 spiro atoms. The summed E-state index contributed by atoms with van der Waals surface area (Å²) >= 11 is 5.27. The van der Waals surface area contributed by atoms with Gasteiger partial charge in [-0.05, 0) is 109 Å². The third-order valence-corrected chi connectivity index (χ3v) is 13.8. The topological polar surface area (TPSA) is 101 Å². The maximum absolute atomic E-state index is 13.1. The number of hydrogen-bond donors (Lipinski definition) is 1. The number of amides is 3. The largest absolute Gasteiger partial charge is 0.490 e. The molecule has 3 saturated heterocycles. The van der Waals surface area contributed by atoms with Crippen LogP contribution in [0, 0.1) is 0 Å². The van der Waals surface area contributed by atoms with Crippen molar-refractivity contribution in [1.29, 1.82) is 0 Å². The van der Waals surface area contributed by atoms with Gasteiger partial charge in [-0.2, -0.15) is 0 Å². The molecule has 0 radical (unpaired) electrons. The van der Waals surface area contributed by atoms with Crippen LogP contribution in [0.25, 0.3) is 20.5 Å². The molecule has 5 aromatic carbocycles. The molecule has 1 aromatic heterocycles. The smallest absolute Gasteiger partial charge is 0.255 e. The van der Waals surface area contributed by atoms with Crippen molar-refractivity contribution in [2.45, 2.75) is 57.0 Å².